The molecule has 0 aromatic heterocycles. The van der Waals surface area contributed by atoms with Gasteiger partial charge in [-0.1, -0.05) is 6.07 Å². The second-order valence-corrected chi connectivity index (χ2v) is 5.31. The van der Waals surface area contributed by atoms with Crippen LogP contribution in [-0.4, -0.2) is 42.6 Å². The number of rotatable bonds is 3. The zero-order valence-electron chi connectivity index (χ0n) is 12.1. The Kier molecular flexibility index (Phi) is 4.73. The van der Waals surface area contributed by atoms with Crippen LogP contribution in [0.25, 0.3) is 0 Å². The van der Waals surface area contributed by atoms with Crippen LogP contribution in [0, 0.1) is 12.7 Å². The Bertz CT molecular complexity index is 493. The van der Waals surface area contributed by atoms with Crippen molar-refractivity contribution in [3.63, 3.8) is 0 Å². The minimum absolute atomic E-state index is 0.123. The SMILES string of the molecule is Cc1ccc(NC(=O)[C@H](C)N2CCO[C@H](C)C2)cc1F. The van der Waals surface area contributed by atoms with Crippen molar-refractivity contribution < 1.29 is 13.9 Å². The van der Waals surface area contributed by atoms with E-state index >= 15 is 0 Å². The van der Waals surface area contributed by atoms with Gasteiger partial charge in [0.2, 0.25) is 5.91 Å². The highest BCUT2D eigenvalue weighted by atomic mass is 19.1. The fraction of sp³-hybridized carbons (Fsp3) is 0.533. The van der Waals surface area contributed by atoms with Gasteiger partial charge < -0.3 is 10.1 Å². The summed E-state index contributed by atoms with van der Waals surface area (Å²) in [5.74, 6) is -0.433. The molecule has 1 aromatic carbocycles. The van der Waals surface area contributed by atoms with Gasteiger partial charge in [0.1, 0.15) is 5.82 Å². The quantitative estimate of drug-likeness (QED) is 0.922. The molecule has 1 fully saturated rings. The second-order valence-electron chi connectivity index (χ2n) is 5.31. The normalized spacial score (nSPS) is 21.5. The number of morpholine rings is 1. The number of hydrogen-bond acceptors (Lipinski definition) is 3. The molecule has 1 heterocycles. The van der Waals surface area contributed by atoms with Crippen LogP contribution in [0.1, 0.15) is 19.4 Å². The van der Waals surface area contributed by atoms with E-state index in [0.717, 1.165) is 13.1 Å². The smallest absolute Gasteiger partial charge is 0.241 e. The number of nitrogens with one attached hydrogen (secondary N) is 1. The molecular weight excluding hydrogens is 259 g/mol. The third-order valence-corrected chi connectivity index (χ3v) is 3.64. The Morgan fingerprint density at radius 1 is 1.55 bits per heavy atom. The standard InChI is InChI=1S/C15H21FN2O2/c1-10-4-5-13(8-14(10)16)17-15(19)12(3)18-6-7-20-11(2)9-18/h4-5,8,11-12H,6-7,9H2,1-3H3,(H,17,19)/t11-,12+/m1/s1. The Morgan fingerprint density at radius 2 is 2.30 bits per heavy atom. The van der Waals surface area contributed by atoms with Gasteiger partial charge in [-0.2, -0.15) is 0 Å². The first-order chi connectivity index (χ1) is 9.47. The molecule has 0 bridgehead atoms. The zero-order chi connectivity index (χ0) is 14.7. The topological polar surface area (TPSA) is 41.6 Å². The van der Waals surface area contributed by atoms with Crippen molar-refractivity contribution in [2.24, 2.45) is 0 Å². The number of carbonyl (C=O) groups is 1. The number of benzene rings is 1. The van der Waals surface area contributed by atoms with Gasteiger partial charge in [0, 0.05) is 18.8 Å². The van der Waals surface area contributed by atoms with E-state index in [-0.39, 0.29) is 23.9 Å². The average molecular weight is 280 g/mol. The highest BCUT2D eigenvalue weighted by Crippen LogP contribution is 2.15. The molecule has 4 nitrogen and oxygen atoms in total. The molecule has 1 aliphatic heterocycles. The van der Waals surface area contributed by atoms with Crippen molar-refractivity contribution in [2.75, 3.05) is 25.0 Å². The molecule has 1 N–H and O–H groups in total. The van der Waals surface area contributed by atoms with E-state index in [4.69, 9.17) is 4.74 Å². The van der Waals surface area contributed by atoms with Crippen LogP contribution in [0.3, 0.4) is 0 Å². The lowest BCUT2D eigenvalue weighted by Gasteiger charge is -2.34. The van der Waals surface area contributed by atoms with Gasteiger partial charge in [-0.3, -0.25) is 9.69 Å². The molecule has 20 heavy (non-hydrogen) atoms. The summed E-state index contributed by atoms with van der Waals surface area (Å²) in [5.41, 5.74) is 1.06. The molecule has 2 atom stereocenters. The number of nitrogens with zero attached hydrogens (tertiary/aromatic N) is 1. The lowest BCUT2D eigenvalue weighted by Crippen LogP contribution is -2.50. The van der Waals surface area contributed by atoms with Gasteiger partial charge in [0.25, 0.3) is 0 Å². The summed E-state index contributed by atoms with van der Waals surface area (Å²) in [4.78, 5) is 14.3. The van der Waals surface area contributed by atoms with Crippen LogP contribution in [0.2, 0.25) is 0 Å². The number of halogens is 1. The molecule has 0 saturated carbocycles. The zero-order valence-corrected chi connectivity index (χ0v) is 12.1. The van der Waals surface area contributed by atoms with E-state index in [1.165, 1.54) is 6.07 Å². The number of hydrogen-bond donors (Lipinski definition) is 1. The van der Waals surface area contributed by atoms with Crippen molar-refractivity contribution in [3.8, 4) is 0 Å². The van der Waals surface area contributed by atoms with Gasteiger partial charge in [0.15, 0.2) is 0 Å². The first-order valence-electron chi connectivity index (χ1n) is 6.90. The van der Waals surface area contributed by atoms with Crippen molar-refractivity contribution in [1.82, 2.24) is 4.90 Å². The summed E-state index contributed by atoms with van der Waals surface area (Å²) in [5, 5.41) is 2.76. The molecule has 0 unspecified atom stereocenters. The number of ether oxygens (including phenoxy) is 1. The summed E-state index contributed by atoms with van der Waals surface area (Å²) < 4.78 is 18.9. The lowest BCUT2D eigenvalue weighted by molar-refractivity contribution is -0.123. The maximum absolute atomic E-state index is 13.5. The van der Waals surface area contributed by atoms with E-state index in [0.29, 0.717) is 17.9 Å². The molecule has 110 valence electrons. The number of anilines is 1. The van der Waals surface area contributed by atoms with Crippen LogP contribution in [0.5, 0.6) is 0 Å². The number of amides is 1. The van der Waals surface area contributed by atoms with Gasteiger partial charge in [-0.05, 0) is 38.5 Å². The van der Waals surface area contributed by atoms with E-state index in [1.807, 2.05) is 13.8 Å². The Balaban J connectivity index is 1.98. The molecule has 2 rings (SSSR count). The maximum atomic E-state index is 13.5. The van der Waals surface area contributed by atoms with Crippen molar-refractivity contribution in [1.29, 1.82) is 0 Å². The number of aryl methyl sites for hydroxylation is 1. The minimum atomic E-state index is -0.310. The second kappa shape index (κ2) is 6.33. The van der Waals surface area contributed by atoms with Gasteiger partial charge in [0.05, 0.1) is 18.8 Å². The van der Waals surface area contributed by atoms with E-state index in [1.54, 1.807) is 19.1 Å². The molecule has 1 aromatic rings. The van der Waals surface area contributed by atoms with Crippen LogP contribution < -0.4 is 5.32 Å². The summed E-state index contributed by atoms with van der Waals surface area (Å²) in [7, 11) is 0. The fourth-order valence-electron chi connectivity index (χ4n) is 2.28. The number of carbonyl (C=O) groups excluding carboxylic acids is 1. The van der Waals surface area contributed by atoms with E-state index in [9.17, 15) is 9.18 Å². The predicted molar refractivity (Wildman–Crippen MR) is 76.2 cm³/mol. The third-order valence-electron chi connectivity index (χ3n) is 3.64. The molecule has 1 amide bonds. The van der Waals surface area contributed by atoms with Crippen molar-refractivity contribution in [3.05, 3.63) is 29.6 Å². The summed E-state index contributed by atoms with van der Waals surface area (Å²) in [6, 6.07) is 4.46. The molecule has 0 radical (unpaired) electrons. The van der Waals surface area contributed by atoms with Crippen LogP contribution in [0.4, 0.5) is 10.1 Å². The highest BCUT2D eigenvalue weighted by Gasteiger charge is 2.26. The first kappa shape index (κ1) is 14.9. The average Bonchev–Trinajstić information content (AvgIpc) is 2.42. The molecule has 1 aliphatic rings. The van der Waals surface area contributed by atoms with Crippen LogP contribution in [0.15, 0.2) is 18.2 Å². The molecular formula is C15H21FN2O2. The molecule has 0 aliphatic carbocycles. The van der Waals surface area contributed by atoms with Crippen molar-refractivity contribution >= 4 is 11.6 Å². The molecule has 0 spiro atoms. The largest absolute Gasteiger partial charge is 0.376 e. The van der Waals surface area contributed by atoms with Crippen LogP contribution >= 0.6 is 0 Å². The summed E-state index contributed by atoms with van der Waals surface area (Å²) in [6.07, 6.45) is 0.135. The Labute approximate surface area is 118 Å². The predicted octanol–water partition coefficient (Wildman–Crippen LogP) is 2.18. The lowest BCUT2D eigenvalue weighted by atomic mass is 10.2. The molecule has 5 heteroatoms. The Hall–Kier alpha value is -1.46. The third kappa shape index (κ3) is 3.55. The first-order valence-corrected chi connectivity index (χ1v) is 6.90. The Morgan fingerprint density at radius 3 is 2.95 bits per heavy atom. The van der Waals surface area contributed by atoms with Gasteiger partial charge in [-0.15, -0.1) is 0 Å². The van der Waals surface area contributed by atoms with Crippen LogP contribution in [-0.2, 0) is 9.53 Å². The molecule has 1 saturated heterocycles. The summed E-state index contributed by atoms with van der Waals surface area (Å²) >= 11 is 0. The van der Waals surface area contributed by atoms with Crippen molar-refractivity contribution in [2.45, 2.75) is 32.9 Å². The van der Waals surface area contributed by atoms with E-state index < -0.39 is 0 Å². The highest BCUT2D eigenvalue weighted by molar-refractivity contribution is 5.94. The monoisotopic (exact) mass is 280 g/mol. The minimum Gasteiger partial charge on any atom is -0.376 e. The summed E-state index contributed by atoms with van der Waals surface area (Å²) in [6.45, 7) is 7.65. The van der Waals surface area contributed by atoms with Gasteiger partial charge in [-0.25, -0.2) is 4.39 Å². The van der Waals surface area contributed by atoms with Gasteiger partial charge >= 0.3 is 0 Å². The fourth-order valence-corrected chi connectivity index (χ4v) is 2.28. The maximum Gasteiger partial charge on any atom is 0.241 e. The van der Waals surface area contributed by atoms with E-state index in [2.05, 4.69) is 10.2 Å².